The van der Waals surface area contributed by atoms with Gasteiger partial charge in [0.25, 0.3) is 0 Å². The van der Waals surface area contributed by atoms with Crippen LogP contribution in [0.3, 0.4) is 0 Å². The first-order valence-corrected chi connectivity index (χ1v) is 9.88. The third-order valence-electron chi connectivity index (χ3n) is 5.36. The number of rotatable bonds is 5. The summed E-state index contributed by atoms with van der Waals surface area (Å²) in [4.78, 5) is 29.2. The highest BCUT2D eigenvalue weighted by Gasteiger charge is 2.30. The summed E-state index contributed by atoms with van der Waals surface area (Å²) in [5.41, 5.74) is 2.87. The van der Waals surface area contributed by atoms with Crippen LogP contribution in [0.1, 0.15) is 30.9 Å². The van der Waals surface area contributed by atoms with Gasteiger partial charge in [0.1, 0.15) is 5.82 Å². The van der Waals surface area contributed by atoms with E-state index in [2.05, 4.69) is 0 Å². The minimum atomic E-state index is -0.301. The zero-order valence-electron chi connectivity index (χ0n) is 16.5. The van der Waals surface area contributed by atoms with Crippen molar-refractivity contribution in [3.63, 3.8) is 0 Å². The molecule has 0 saturated carbocycles. The Morgan fingerprint density at radius 3 is 2.39 bits per heavy atom. The highest BCUT2D eigenvalue weighted by atomic mass is 19.1. The average molecular weight is 382 g/mol. The van der Waals surface area contributed by atoms with Crippen LogP contribution in [0.15, 0.2) is 48.5 Å². The lowest BCUT2D eigenvalue weighted by Gasteiger charge is -2.34. The van der Waals surface area contributed by atoms with Gasteiger partial charge < -0.3 is 9.80 Å². The monoisotopic (exact) mass is 382 g/mol. The second kappa shape index (κ2) is 9.00. The molecule has 2 amide bonds. The Labute approximate surface area is 166 Å². The summed E-state index contributed by atoms with van der Waals surface area (Å²) in [5, 5.41) is 0. The van der Waals surface area contributed by atoms with Crippen LogP contribution in [0.4, 0.5) is 10.1 Å². The maximum absolute atomic E-state index is 13.0. The molecule has 1 aliphatic heterocycles. The lowest BCUT2D eigenvalue weighted by atomic mass is 9.94. The number of hydrogen-bond donors (Lipinski definition) is 0. The van der Waals surface area contributed by atoms with Crippen LogP contribution >= 0.6 is 0 Å². The summed E-state index contributed by atoms with van der Waals surface area (Å²) in [6.07, 6.45) is 1.62. The Morgan fingerprint density at radius 1 is 1.11 bits per heavy atom. The number of benzene rings is 2. The van der Waals surface area contributed by atoms with Crippen LogP contribution in [0.25, 0.3) is 0 Å². The van der Waals surface area contributed by atoms with E-state index in [0.29, 0.717) is 32.5 Å². The molecule has 1 heterocycles. The maximum atomic E-state index is 13.0. The van der Waals surface area contributed by atoms with Crippen molar-refractivity contribution < 1.29 is 14.0 Å². The first-order valence-electron chi connectivity index (χ1n) is 9.88. The third-order valence-corrected chi connectivity index (χ3v) is 5.36. The molecule has 0 atom stereocenters. The second-order valence-corrected chi connectivity index (χ2v) is 7.38. The smallest absolute Gasteiger partial charge is 0.230 e. The molecule has 1 aliphatic rings. The highest BCUT2D eigenvalue weighted by Crippen LogP contribution is 2.24. The first kappa shape index (κ1) is 20.1. The van der Waals surface area contributed by atoms with Crippen LogP contribution in [-0.2, 0) is 16.0 Å². The zero-order valence-corrected chi connectivity index (χ0v) is 16.5. The Hall–Kier alpha value is -2.69. The van der Waals surface area contributed by atoms with E-state index in [1.807, 2.05) is 47.9 Å². The predicted molar refractivity (Wildman–Crippen MR) is 109 cm³/mol. The molecule has 28 heavy (non-hydrogen) atoms. The Bertz CT molecular complexity index is 827. The number of amides is 2. The fourth-order valence-corrected chi connectivity index (χ4v) is 3.75. The van der Waals surface area contributed by atoms with Gasteiger partial charge >= 0.3 is 0 Å². The first-order chi connectivity index (χ1) is 13.5. The van der Waals surface area contributed by atoms with E-state index in [4.69, 9.17) is 0 Å². The summed E-state index contributed by atoms with van der Waals surface area (Å²) in [7, 11) is 0. The van der Waals surface area contributed by atoms with Crippen LogP contribution < -0.4 is 4.90 Å². The van der Waals surface area contributed by atoms with Gasteiger partial charge in [0, 0.05) is 31.2 Å². The average Bonchev–Trinajstić information content (AvgIpc) is 2.70. The molecule has 0 unspecified atom stereocenters. The number of carbonyl (C=O) groups is 2. The van der Waals surface area contributed by atoms with E-state index < -0.39 is 0 Å². The van der Waals surface area contributed by atoms with Crippen molar-refractivity contribution in [3.8, 4) is 0 Å². The minimum absolute atomic E-state index is 0.0311. The van der Waals surface area contributed by atoms with Gasteiger partial charge in [0.2, 0.25) is 11.8 Å². The summed E-state index contributed by atoms with van der Waals surface area (Å²) >= 11 is 0. The van der Waals surface area contributed by atoms with Crippen LogP contribution in [0.5, 0.6) is 0 Å². The Kier molecular flexibility index (Phi) is 6.45. The van der Waals surface area contributed by atoms with Crippen molar-refractivity contribution in [2.24, 2.45) is 5.92 Å². The Morgan fingerprint density at radius 2 is 1.79 bits per heavy atom. The van der Waals surface area contributed by atoms with Gasteiger partial charge in [0.05, 0.1) is 6.42 Å². The van der Waals surface area contributed by atoms with Gasteiger partial charge in [-0.2, -0.15) is 0 Å². The van der Waals surface area contributed by atoms with Gasteiger partial charge in [-0.3, -0.25) is 9.59 Å². The molecule has 1 saturated heterocycles. The molecule has 2 aromatic carbocycles. The quantitative estimate of drug-likeness (QED) is 0.785. The maximum Gasteiger partial charge on any atom is 0.230 e. The molecular formula is C23H27FN2O2. The van der Waals surface area contributed by atoms with Gasteiger partial charge in [-0.15, -0.1) is 0 Å². The molecule has 0 bridgehead atoms. The van der Waals surface area contributed by atoms with Crippen molar-refractivity contribution in [1.29, 1.82) is 0 Å². The topological polar surface area (TPSA) is 40.6 Å². The molecule has 5 heteroatoms. The molecule has 0 N–H and O–H groups in total. The number of piperidine rings is 1. The second-order valence-electron chi connectivity index (χ2n) is 7.38. The van der Waals surface area contributed by atoms with Gasteiger partial charge in [0.15, 0.2) is 0 Å². The summed E-state index contributed by atoms with van der Waals surface area (Å²) in [6, 6.07) is 14.0. The van der Waals surface area contributed by atoms with E-state index in [1.54, 1.807) is 12.1 Å². The van der Waals surface area contributed by atoms with Crippen LogP contribution in [0, 0.1) is 18.7 Å². The van der Waals surface area contributed by atoms with E-state index in [9.17, 15) is 14.0 Å². The molecule has 2 aromatic rings. The zero-order chi connectivity index (χ0) is 20.1. The fraction of sp³-hybridized carbons (Fsp3) is 0.391. The summed E-state index contributed by atoms with van der Waals surface area (Å²) in [5.74, 6) is -0.192. The van der Waals surface area contributed by atoms with Gasteiger partial charge in [-0.05, 0) is 62.1 Å². The lowest BCUT2D eigenvalue weighted by Crippen LogP contribution is -2.45. The van der Waals surface area contributed by atoms with Gasteiger partial charge in [-0.1, -0.05) is 24.3 Å². The molecule has 0 radical (unpaired) electrons. The van der Waals surface area contributed by atoms with E-state index in [-0.39, 0.29) is 30.0 Å². The molecule has 4 nitrogen and oxygen atoms in total. The molecule has 148 valence electrons. The van der Waals surface area contributed by atoms with E-state index in [0.717, 1.165) is 16.8 Å². The molecule has 1 fully saturated rings. The fourth-order valence-electron chi connectivity index (χ4n) is 3.75. The van der Waals surface area contributed by atoms with Crippen molar-refractivity contribution in [2.45, 2.75) is 33.1 Å². The lowest BCUT2D eigenvalue weighted by molar-refractivity contribution is -0.134. The van der Waals surface area contributed by atoms with Crippen LogP contribution in [0.2, 0.25) is 0 Å². The molecule has 0 aliphatic carbocycles. The summed E-state index contributed by atoms with van der Waals surface area (Å²) in [6.45, 7) is 5.81. The van der Waals surface area contributed by atoms with E-state index in [1.165, 1.54) is 12.1 Å². The molecule has 0 spiro atoms. The van der Waals surface area contributed by atoms with Crippen LogP contribution in [-0.4, -0.2) is 36.3 Å². The third kappa shape index (κ3) is 4.77. The molecule has 0 aromatic heterocycles. The van der Waals surface area contributed by atoms with E-state index >= 15 is 0 Å². The van der Waals surface area contributed by atoms with Gasteiger partial charge in [-0.25, -0.2) is 4.39 Å². The van der Waals surface area contributed by atoms with Crippen molar-refractivity contribution >= 4 is 17.5 Å². The number of anilines is 1. The number of halogens is 1. The van der Waals surface area contributed by atoms with Crippen molar-refractivity contribution in [1.82, 2.24) is 4.90 Å². The normalized spacial score (nSPS) is 14.8. The number of aryl methyl sites for hydroxylation is 1. The highest BCUT2D eigenvalue weighted by molar-refractivity contribution is 5.95. The predicted octanol–water partition coefficient (Wildman–Crippen LogP) is 3.97. The number of nitrogens with zero attached hydrogens (tertiary/aromatic N) is 2. The largest absolute Gasteiger partial charge is 0.342 e. The van der Waals surface area contributed by atoms with Crippen molar-refractivity contribution in [2.75, 3.05) is 24.5 Å². The number of likely N-dealkylation sites (tertiary alicyclic amines) is 1. The minimum Gasteiger partial charge on any atom is -0.342 e. The SMILES string of the molecule is CCN(C(=O)C1CCN(C(=O)Cc2ccc(F)cc2)CC1)c1cccc(C)c1. The number of carbonyl (C=O) groups excluding carboxylic acids is 2. The summed E-state index contributed by atoms with van der Waals surface area (Å²) < 4.78 is 13.0. The molecular weight excluding hydrogens is 355 g/mol. The molecule has 3 rings (SSSR count). The van der Waals surface area contributed by atoms with Crippen molar-refractivity contribution in [3.05, 3.63) is 65.5 Å². The number of hydrogen-bond acceptors (Lipinski definition) is 2. The standard InChI is InChI=1S/C23H27FN2O2/c1-3-26(21-6-4-5-17(2)15-21)23(28)19-11-13-25(14-12-19)22(27)16-18-7-9-20(24)10-8-18/h4-10,15,19H,3,11-14,16H2,1-2H3. The Balaban J connectivity index is 1.57.